The third-order valence-corrected chi connectivity index (χ3v) is 8.27. The molecule has 38 heavy (non-hydrogen) atoms. The van der Waals surface area contributed by atoms with Gasteiger partial charge in [-0.15, -0.1) is 0 Å². The first kappa shape index (κ1) is 22.5. The first-order valence-corrected chi connectivity index (χ1v) is 12.6. The molecule has 1 aliphatic carbocycles. The van der Waals surface area contributed by atoms with Crippen LogP contribution in [0, 0.1) is 11.2 Å². The van der Waals surface area contributed by atoms with Crippen LogP contribution in [0.3, 0.4) is 0 Å². The average molecular weight is 500 g/mol. The van der Waals surface area contributed by atoms with Crippen LogP contribution < -0.4 is 4.90 Å². The average Bonchev–Trinajstić information content (AvgIpc) is 3.40. The molecule has 184 valence electrons. The summed E-state index contributed by atoms with van der Waals surface area (Å²) in [5.41, 5.74) is 2.00. The summed E-state index contributed by atoms with van der Waals surface area (Å²) < 4.78 is 13.8. The number of para-hydroxylation sites is 1. The van der Waals surface area contributed by atoms with Crippen molar-refractivity contribution in [2.75, 3.05) is 4.90 Å². The maximum Gasteiger partial charge on any atom is 0.185 e. The number of rotatable bonds is 3. The van der Waals surface area contributed by atoms with Gasteiger partial charge < -0.3 is 4.90 Å². The van der Waals surface area contributed by atoms with Crippen LogP contribution >= 0.6 is 0 Å². The zero-order valence-electron chi connectivity index (χ0n) is 20.3. The quantitative estimate of drug-likeness (QED) is 0.251. The van der Waals surface area contributed by atoms with Gasteiger partial charge in [-0.05, 0) is 41.5 Å². The molecule has 0 aromatic heterocycles. The first-order valence-electron chi connectivity index (χ1n) is 12.6. The number of hydrogen-bond acceptors (Lipinski definition) is 4. The van der Waals surface area contributed by atoms with E-state index in [4.69, 9.17) is 0 Å². The van der Waals surface area contributed by atoms with Crippen molar-refractivity contribution in [3.63, 3.8) is 0 Å². The van der Waals surface area contributed by atoms with Gasteiger partial charge in [0.25, 0.3) is 0 Å². The van der Waals surface area contributed by atoms with Gasteiger partial charge in [0, 0.05) is 28.3 Å². The minimum atomic E-state index is -1.53. The molecule has 0 amide bonds. The van der Waals surface area contributed by atoms with Gasteiger partial charge in [0.1, 0.15) is 17.3 Å². The van der Waals surface area contributed by atoms with E-state index in [0.29, 0.717) is 16.7 Å². The maximum absolute atomic E-state index is 14.5. The van der Waals surface area contributed by atoms with Crippen LogP contribution in [0.5, 0.6) is 0 Å². The number of ketones is 3. The molecule has 7 rings (SSSR count). The Morgan fingerprint density at radius 1 is 0.737 bits per heavy atom. The molecule has 0 N–H and O–H groups in total. The van der Waals surface area contributed by atoms with Gasteiger partial charge in [-0.3, -0.25) is 14.4 Å². The van der Waals surface area contributed by atoms with Crippen LogP contribution in [0.15, 0.2) is 109 Å². The molecule has 4 aromatic rings. The van der Waals surface area contributed by atoms with Gasteiger partial charge in [-0.2, -0.15) is 0 Å². The van der Waals surface area contributed by atoms with Crippen molar-refractivity contribution in [1.82, 2.24) is 0 Å². The summed E-state index contributed by atoms with van der Waals surface area (Å²) in [7, 11) is 0. The molecule has 1 spiro atoms. The Balaban J connectivity index is 1.54. The smallest absolute Gasteiger partial charge is 0.185 e. The molecule has 0 radical (unpaired) electrons. The first-order chi connectivity index (χ1) is 18.5. The summed E-state index contributed by atoms with van der Waals surface area (Å²) in [6.07, 6.45) is 3.84. The largest absolute Gasteiger partial charge is 0.352 e. The van der Waals surface area contributed by atoms with Gasteiger partial charge in [-0.25, -0.2) is 4.39 Å². The van der Waals surface area contributed by atoms with Crippen molar-refractivity contribution in [3.05, 3.63) is 143 Å². The number of benzene rings is 4. The highest BCUT2D eigenvalue weighted by Crippen LogP contribution is 2.60. The Hall–Kier alpha value is -4.64. The van der Waals surface area contributed by atoms with Crippen LogP contribution in [0.4, 0.5) is 10.1 Å². The predicted octanol–water partition coefficient (Wildman–Crippen LogP) is 6.14. The summed E-state index contributed by atoms with van der Waals surface area (Å²) in [6, 6.07) is 27.9. The van der Waals surface area contributed by atoms with Crippen LogP contribution in [0.25, 0.3) is 6.08 Å². The standard InChI is InChI=1S/C33H22FNO3/c34-23-17-14-22(15-18-23)30(36)29-28(21-9-2-1-3-10-21)33(31(37)24-11-5-6-12-25(24)32(33)38)27-19-16-20-8-4-7-13-26(20)35(27)29/h1-19,27-29H/t27-,28+,29+/m1/s1. The zero-order chi connectivity index (χ0) is 26.0. The van der Waals surface area contributed by atoms with Crippen LogP contribution in [0.2, 0.25) is 0 Å². The van der Waals surface area contributed by atoms with E-state index in [-0.39, 0.29) is 17.3 Å². The van der Waals surface area contributed by atoms with Gasteiger partial charge in [0.15, 0.2) is 17.3 Å². The van der Waals surface area contributed by atoms with Gasteiger partial charge in [0.2, 0.25) is 0 Å². The van der Waals surface area contributed by atoms with Crippen LogP contribution in [-0.2, 0) is 0 Å². The van der Waals surface area contributed by atoms with Crippen molar-refractivity contribution in [2.45, 2.75) is 18.0 Å². The lowest BCUT2D eigenvalue weighted by Gasteiger charge is -2.37. The van der Waals surface area contributed by atoms with Gasteiger partial charge in [-0.1, -0.05) is 84.9 Å². The third-order valence-electron chi connectivity index (χ3n) is 8.27. The number of hydrogen-bond donors (Lipinski definition) is 0. The van der Waals surface area contributed by atoms with Crippen molar-refractivity contribution in [2.24, 2.45) is 5.41 Å². The second kappa shape index (κ2) is 8.18. The second-order valence-electron chi connectivity index (χ2n) is 10.0. The highest BCUT2D eigenvalue weighted by molar-refractivity contribution is 6.32. The normalized spacial score (nSPS) is 22.3. The third kappa shape index (κ3) is 2.87. The summed E-state index contributed by atoms with van der Waals surface area (Å²) in [5.74, 6) is -2.00. The predicted molar refractivity (Wildman–Crippen MR) is 143 cm³/mol. The number of anilines is 1. The fourth-order valence-electron chi connectivity index (χ4n) is 6.74. The fourth-order valence-corrected chi connectivity index (χ4v) is 6.74. The zero-order valence-corrected chi connectivity index (χ0v) is 20.3. The Morgan fingerprint density at radius 3 is 2.03 bits per heavy atom. The molecule has 4 aromatic carbocycles. The maximum atomic E-state index is 14.5. The van der Waals surface area contributed by atoms with E-state index in [0.717, 1.165) is 16.8 Å². The van der Waals surface area contributed by atoms with E-state index < -0.39 is 29.2 Å². The lowest BCUT2D eigenvalue weighted by molar-refractivity contribution is 0.0666. The van der Waals surface area contributed by atoms with Crippen molar-refractivity contribution >= 4 is 29.1 Å². The van der Waals surface area contributed by atoms with Crippen molar-refractivity contribution in [3.8, 4) is 0 Å². The number of fused-ring (bicyclic) bond motifs is 5. The van der Waals surface area contributed by atoms with Gasteiger partial charge >= 0.3 is 0 Å². The van der Waals surface area contributed by atoms with E-state index in [1.165, 1.54) is 24.3 Å². The summed E-state index contributed by atoms with van der Waals surface area (Å²) in [4.78, 5) is 45.4. The lowest BCUT2D eigenvalue weighted by Crippen LogP contribution is -2.48. The van der Waals surface area contributed by atoms with E-state index in [1.54, 1.807) is 24.3 Å². The molecule has 5 heteroatoms. The molecule has 0 bridgehead atoms. The summed E-state index contributed by atoms with van der Waals surface area (Å²) >= 11 is 0. The molecule has 4 nitrogen and oxygen atoms in total. The second-order valence-corrected chi connectivity index (χ2v) is 10.0. The Morgan fingerprint density at radius 2 is 1.34 bits per heavy atom. The van der Waals surface area contributed by atoms with E-state index in [2.05, 4.69) is 0 Å². The van der Waals surface area contributed by atoms with Crippen molar-refractivity contribution < 1.29 is 18.8 Å². The molecular weight excluding hydrogens is 477 g/mol. The minimum absolute atomic E-state index is 0.262. The molecule has 0 saturated carbocycles. The topological polar surface area (TPSA) is 54.5 Å². The van der Waals surface area contributed by atoms with Gasteiger partial charge in [0.05, 0.1) is 6.04 Å². The number of halogens is 1. The Labute approximate surface area is 219 Å². The molecule has 0 unspecified atom stereocenters. The highest BCUT2D eigenvalue weighted by atomic mass is 19.1. The van der Waals surface area contributed by atoms with E-state index in [9.17, 15) is 18.8 Å². The number of Topliss-reactive ketones (excluding diaryl/α,β-unsaturated/α-hetero) is 3. The molecule has 1 fully saturated rings. The van der Waals surface area contributed by atoms with Crippen molar-refractivity contribution in [1.29, 1.82) is 0 Å². The molecule has 2 heterocycles. The molecule has 3 atom stereocenters. The molecule has 1 saturated heterocycles. The van der Waals surface area contributed by atoms with E-state index in [1.807, 2.05) is 71.6 Å². The fraction of sp³-hybridized carbons (Fsp3) is 0.121. The number of carbonyl (C=O) groups is 3. The molecular formula is C33H22FNO3. The molecule has 2 aliphatic heterocycles. The van der Waals surface area contributed by atoms with Crippen LogP contribution in [-0.4, -0.2) is 29.4 Å². The van der Waals surface area contributed by atoms with E-state index >= 15 is 0 Å². The number of nitrogens with zero attached hydrogens (tertiary/aromatic N) is 1. The Kier molecular flexibility index (Phi) is 4.86. The summed E-state index contributed by atoms with van der Waals surface area (Å²) in [5, 5.41) is 0. The highest BCUT2D eigenvalue weighted by Gasteiger charge is 2.71. The monoisotopic (exact) mass is 499 g/mol. The molecule has 3 aliphatic rings. The summed E-state index contributed by atoms with van der Waals surface area (Å²) in [6.45, 7) is 0. The lowest BCUT2D eigenvalue weighted by atomic mass is 9.64. The Bertz CT molecular complexity index is 1620. The van der Waals surface area contributed by atoms with Crippen LogP contribution in [0.1, 0.15) is 48.1 Å². The number of carbonyl (C=O) groups excluding carboxylic acids is 3. The SMILES string of the molecule is O=C(c1ccc(F)cc1)[C@@H]1[C@H](c2ccccc2)C2(C(=O)c3ccccc3C2=O)[C@H]2C=Cc3ccccc3N12. The minimum Gasteiger partial charge on any atom is -0.352 e.